The van der Waals surface area contributed by atoms with Gasteiger partial charge in [0.15, 0.2) is 0 Å². The number of rotatable bonds is 12. The molecular weight excluding hydrogens is 1000 g/mol. The standard InChI is InChI=1S/C31H34O2.2C13H8NS.Ir/c1-4-24(25-16-13-23(14-17-25)15-18-26(33)20-22(3)32)19-21(2)31-29-11-7-5-9-27(29)28-10-6-8-12-30(28)31;2*1-2-7-12-10(5-1)9-13(15-12)11-6-3-4-8-14-11;/h5-14,16-17,21,24,31H,4,15,18-20H2,1-3H3;2*1-8H;/q;2*-1;. The van der Waals surface area contributed by atoms with E-state index in [9.17, 15) is 9.59 Å². The van der Waals surface area contributed by atoms with Crippen molar-refractivity contribution in [3.05, 3.63) is 205 Å². The molecule has 2 unspecified atom stereocenters. The van der Waals surface area contributed by atoms with Crippen molar-refractivity contribution in [3.8, 4) is 32.3 Å². The number of thiophene rings is 2. The summed E-state index contributed by atoms with van der Waals surface area (Å²) in [5, 5.41) is 2.34. The minimum absolute atomic E-state index is 0. The van der Waals surface area contributed by atoms with Crippen LogP contribution in [0.5, 0.6) is 0 Å². The van der Waals surface area contributed by atoms with Gasteiger partial charge < -0.3 is 9.97 Å². The number of Topliss-reactive ketones (excluding diaryl/α,β-unsaturated/α-hetero) is 2. The number of aryl methyl sites for hydroxylation is 1. The number of nitrogens with zero attached hydrogens (tertiary/aromatic N) is 2. The van der Waals surface area contributed by atoms with Gasteiger partial charge in [-0.25, -0.2) is 22.7 Å². The number of ketones is 2. The predicted octanol–water partition coefficient (Wildman–Crippen LogP) is 15.0. The van der Waals surface area contributed by atoms with Crippen LogP contribution in [-0.2, 0) is 36.1 Å². The Hall–Kier alpha value is -5.69. The molecule has 0 aliphatic heterocycles. The summed E-state index contributed by atoms with van der Waals surface area (Å²) in [5.41, 5.74) is 10.2. The molecule has 1 aliphatic rings. The van der Waals surface area contributed by atoms with Crippen molar-refractivity contribution in [2.75, 3.05) is 0 Å². The van der Waals surface area contributed by atoms with Gasteiger partial charge in [-0.1, -0.05) is 135 Å². The molecule has 1 aliphatic carbocycles. The Morgan fingerprint density at radius 2 is 1.11 bits per heavy atom. The van der Waals surface area contributed by atoms with Crippen molar-refractivity contribution in [3.63, 3.8) is 0 Å². The topological polar surface area (TPSA) is 59.9 Å². The van der Waals surface area contributed by atoms with Crippen LogP contribution in [0.25, 0.3) is 52.4 Å². The summed E-state index contributed by atoms with van der Waals surface area (Å²) in [6, 6.07) is 61.7. The first kappa shape index (κ1) is 46.3. The van der Waals surface area contributed by atoms with Gasteiger partial charge in [0, 0.05) is 56.2 Å². The Morgan fingerprint density at radius 3 is 1.58 bits per heavy atom. The maximum atomic E-state index is 11.8. The van der Waals surface area contributed by atoms with Crippen molar-refractivity contribution in [2.45, 2.75) is 64.7 Å². The van der Waals surface area contributed by atoms with Crippen LogP contribution in [-0.4, -0.2) is 21.5 Å². The largest absolute Gasteiger partial charge is 0.303 e. The Balaban J connectivity index is 0.000000162. The van der Waals surface area contributed by atoms with E-state index in [0.717, 1.165) is 39.5 Å². The molecule has 4 aromatic heterocycles. The first-order valence-electron chi connectivity index (χ1n) is 21.8. The van der Waals surface area contributed by atoms with E-state index in [1.54, 1.807) is 22.7 Å². The molecule has 0 bridgehead atoms. The third-order valence-electron chi connectivity index (χ3n) is 11.7. The van der Waals surface area contributed by atoms with Gasteiger partial charge >= 0.3 is 0 Å². The Kier molecular flexibility index (Phi) is 16.1. The van der Waals surface area contributed by atoms with Crippen LogP contribution in [0.15, 0.2) is 170 Å². The number of fused-ring (bicyclic) bond motifs is 5. The molecule has 0 spiro atoms. The molecule has 5 aromatic carbocycles. The molecule has 323 valence electrons. The summed E-state index contributed by atoms with van der Waals surface area (Å²) in [6.45, 7) is 6.16. The molecule has 2 atom stereocenters. The van der Waals surface area contributed by atoms with Crippen LogP contribution in [0.2, 0.25) is 0 Å². The monoisotopic (exact) mass is 1050 g/mol. The van der Waals surface area contributed by atoms with E-state index in [-0.39, 0.29) is 38.1 Å². The molecule has 0 saturated carbocycles. The molecule has 0 amide bonds. The van der Waals surface area contributed by atoms with Gasteiger partial charge in [0.1, 0.15) is 11.6 Å². The number of benzene rings is 5. The average Bonchev–Trinajstić information content (AvgIpc) is 4.06. The third kappa shape index (κ3) is 11.3. The minimum Gasteiger partial charge on any atom is -0.303 e. The van der Waals surface area contributed by atoms with Crippen LogP contribution >= 0.6 is 22.7 Å². The molecule has 0 saturated heterocycles. The van der Waals surface area contributed by atoms with E-state index in [0.29, 0.717) is 30.6 Å². The first-order chi connectivity index (χ1) is 30.8. The second kappa shape index (κ2) is 22.3. The molecule has 10 rings (SSSR count). The minimum atomic E-state index is -0.0530. The zero-order valence-corrected chi connectivity index (χ0v) is 40.3. The van der Waals surface area contributed by atoms with Gasteiger partial charge in [-0.15, -0.1) is 47.2 Å². The summed E-state index contributed by atoms with van der Waals surface area (Å²) >= 11 is 3.46. The smallest absolute Gasteiger partial charge is 0.140 e. The average molecular weight is 1050 g/mol. The molecule has 0 N–H and O–H groups in total. The third-order valence-corrected chi connectivity index (χ3v) is 13.9. The van der Waals surface area contributed by atoms with Gasteiger partial charge in [-0.3, -0.25) is 9.59 Å². The van der Waals surface area contributed by atoms with E-state index in [4.69, 9.17) is 0 Å². The van der Waals surface area contributed by atoms with Crippen LogP contribution in [0.1, 0.15) is 80.5 Å². The van der Waals surface area contributed by atoms with Crippen LogP contribution < -0.4 is 0 Å². The van der Waals surface area contributed by atoms with Crippen LogP contribution in [0.4, 0.5) is 0 Å². The zero-order chi connectivity index (χ0) is 43.5. The van der Waals surface area contributed by atoms with Crippen LogP contribution in [0.3, 0.4) is 0 Å². The maximum absolute atomic E-state index is 11.8. The molecule has 7 heteroatoms. The van der Waals surface area contributed by atoms with Gasteiger partial charge in [0.2, 0.25) is 0 Å². The van der Waals surface area contributed by atoms with Gasteiger partial charge in [-0.05, 0) is 103 Å². The molecule has 4 nitrogen and oxygen atoms in total. The summed E-state index contributed by atoms with van der Waals surface area (Å²) in [6.07, 6.45) is 7.07. The normalized spacial score (nSPS) is 12.4. The fourth-order valence-corrected chi connectivity index (χ4v) is 10.6. The van der Waals surface area contributed by atoms with E-state index in [2.05, 4.69) is 145 Å². The molecule has 0 fully saturated rings. The number of hydrogen-bond acceptors (Lipinski definition) is 6. The van der Waals surface area contributed by atoms with Gasteiger partial charge in [0.25, 0.3) is 0 Å². The molecule has 64 heavy (non-hydrogen) atoms. The van der Waals surface area contributed by atoms with E-state index >= 15 is 0 Å². The molecular formula is C57H50IrN2O2S2-2. The quantitative estimate of drug-likeness (QED) is 0.0904. The second-order valence-electron chi connectivity index (χ2n) is 16.2. The fourth-order valence-electron chi connectivity index (χ4n) is 8.60. The predicted molar refractivity (Wildman–Crippen MR) is 263 cm³/mol. The van der Waals surface area contributed by atoms with Crippen molar-refractivity contribution < 1.29 is 29.7 Å². The SMILES string of the molecule is CCC(CC(C)C1c2ccccc2-c2ccccc21)c1ccc(CCC(=O)CC(C)=O)cc1.[Ir].[c-]1c(-c2ccccn2)sc2ccccc12.[c-]1c(-c2ccccn2)sc2ccccc12. The van der Waals surface area contributed by atoms with Crippen molar-refractivity contribution in [1.82, 2.24) is 9.97 Å². The number of hydrogen-bond donors (Lipinski definition) is 0. The Labute approximate surface area is 398 Å². The number of carbonyl (C=O) groups excluding carboxylic acids is 2. The van der Waals surface area contributed by atoms with E-state index in [1.807, 2.05) is 60.9 Å². The van der Waals surface area contributed by atoms with Crippen molar-refractivity contribution in [1.29, 1.82) is 0 Å². The zero-order valence-electron chi connectivity index (χ0n) is 36.3. The van der Waals surface area contributed by atoms with Crippen molar-refractivity contribution >= 4 is 54.4 Å². The molecule has 1 radical (unpaired) electrons. The summed E-state index contributed by atoms with van der Waals surface area (Å²) in [4.78, 5) is 33.8. The number of aromatic nitrogens is 2. The fraction of sp³-hybridized carbons (Fsp3) is 0.193. The number of carbonyl (C=O) groups is 2. The molecule has 9 aromatic rings. The molecule has 4 heterocycles. The van der Waals surface area contributed by atoms with E-state index in [1.165, 1.54) is 54.9 Å². The maximum Gasteiger partial charge on any atom is 0.140 e. The summed E-state index contributed by atoms with van der Waals surface area (Å²) in [5.74, 6) is 1.46. The Morgan fingerprint density at radius 1 is 0.625 bits per heavy atom. The van der Waals surface area contributed by atoms with Crippen molar-refractivity contribution in [2.24, 2.45) is 5.92 Å². The summed E-state index contributed by atoms with van der Waals surface area (Å²) in [7, 11) is 0. The van der Waals surface area contributed by atoms with Crippen LogP contribution in [0, 0.1) is 18.1 Å². The Bertz CT molecular complexity index is 2700. The van der Waals surface area contributed by atoms with E-state index < -0.39 is 0 Å². The first-order valence-corrected chi connectivity index (χ1v) is 23.4. The summed E-state index contributed by atoms with van der Waals surface area (Å²) < 4.78 is 2.52. The second-order valence-corrected chi connectivity index (χ2v) is 18.3. The van der Waals surface area contributed by atoms with Gasteiger partial charge in [0.05, 0.1) is 6.42 Å². The van der Waals surface area contributed by atoms with Gasteiger partial charge in [-0.2, -0.15) is 0 Å². The number of pyridine rings is 2.